The van der Waals surface area contributed by atoms with Gasteiger partial charge in [0.15, 0.2) is 0 Å². The molecular formula is C21H20N2O. The molecule has 2 aromatic rings. The van der Waals surface area contributed by atoms with Gasteiger partial charge in [-0.25, -0.2) is 0 Å². The van der Waals surface area contributed by atoms with Crippen LogP contribution in [0.1, 0.15) is 18.4 Å². The third-order valence-electron chi connectivity index (χ3n) is 4.82. The Balaban J connectivity index is 1.71. The largest absolute Gasteiger partial charge is 0.378 e. The fourth-order valence-electron chi connectivity index (χ4n) is 3.47. The Morgan fingerprint density at radius 2 is 1.79 bits per heavy atom. The van der Waals surface area contributed by atoms with Crippen LogP contribution in [0.25, 0.3) is 16.3 Å². The lowest BCUT2D eigenvalue weighted by Crippen LogP contribution is -2.36. The average Bonchev–Trinajstić information content (AvgIpc) is 2.68. The van der Waals surface area contributed by atoms with Crippen LogP contribution in [0, 0.1) is 11.3 Å². The second-order valence-corrected chi connectivity index (χ2v) is 6.29. The molecule has 0 amide bonds. The topological polar surface area (TPSA) is 36.3 Å². The summed E-state index contributed by atoms with van der Waals surface area (Å²) in [4.78, 5) is 2.37. The van der Waals surface area contributed by atoms with Crippen LogP contribution in [0.3, 0.4) is 0 Å². The Labute approximate surface area is 142 Å². The first kappa shape index (κ1) is 15.0. The molecule has 24 heavy (non-hydrogen) atoms. The summed E-state index contributed by atoms with van der Waals surface area (Å²) in [5.41, 5.74) is 4.35. The molecule has 1 aliphatic carbocycles. The van der Waals surface area contributed by atoms with Crippen LogP contribution < -0.4 is 4.90 Å². The van der Waals surface area contributed by atoms with E-state index in [2.05, 4.69) is 59.5 Å². The quantitative estimate of drug-likeness (QED) is 0.828. The average molecular weight is 316 g/mol. The number of anilines is 1. The van der Waals surface area contributed by atoms with Gasteiger partial charge in [-0.15, -0.1) is 0 Å². The SMILES string of the molecule is N#CC1=C(c2ccc3cc(N4CCOCC4)ccc3c2)C=CCC1. The highest BCUT2D eigenvalue weighted by Crippen LogP contribution is 2.30. The highest BCUT2D eigenvalue weighted by molar-refractivity contribution is 5.91. The fraction of sp³-hybridized carbons (Fsp3) is 0.286. The zero-order valence-corrected chi connectivity index (χ0v) is 13.7. The molecule has 1 heterocycles. The third kappa shape index (κ3) is 2.81. The van der Waals surface area contributed by atoms with E-state index in [4.69, 9.17) is 4.74 Å². The van der Waals surface area contributed by atoms with Crippen molar-refractivity contribution in [1.82, 2.24) is 0 Å². The van der Waals surface area contributed by atoms with Gasteiger partial charge in [-0.05, 0) is 52.9 Å². The van der Waals surface area contributed by atoms with E-state index in [-0.39, 0.29) is 0 Å². The molecule has 0 unspecified atom stereocenters. The van der Waals surface area contributed by atoms with Crippen molar-refractivity contribution in [2.45, 2.75) is 12.8 Å². The number of hydrogen-bond acceptors (Lipinski definition) is 3. The first-order valence-corrected chi connectivity index (χ1v) is 8.52. The summed E-state index contributed by atoms with van der Waals surface area (Å²) in [6.07, 6.45) is 6.05. The van der Waals surface area contributed by atoms with Gasteiger partial charge in [0.1, 0.15) is 0 Å². The van der Waals surface area contributed by atoms with Crippen molar-refractivity contribution >= 4 is 22.0 Å². The Morgan fingerprint density at radius 1 is 1.00 bits per heavy atom. The van der Waals surface area contributed by atoms with Crippen molar-refractivity contribution in [3.8, 4) is 6.07 Å². The smallest absolute Gasteiger partial charge is 0.0953 e. The maximum atomic E-state index is 9.36. The van der Waals surface area contributed by atoms with Crippen LogP contribution in [0.15, 0.2) is 54.1 Å². The predicted octanol–water partition coefficient (Wildman–Crippen LogP) is 4.30. The molecule has 1 aliphatic heterocycles. The zero-order valence-electron chi connectivity index (χ0n) is 13.7. The maximum Gasteiger partial charge on any atom is 0.0953 e. The van der Waals surface area contributed by atoms with Gasteiger partial charge in [-0.2, -0.15) is 5.26 Å². The van der Waals surface area contributed by atoms with E-state index >= 15 is 0 Å². The first-order valence-electron chi connectivity index (χ1n) is 8.52. The molecule has 0 spiro atoms. The lowest BCUT2D eigenvalue weighted by molar-refractivity contribution is 0.122. The molecule has 1 fully saturated rings. The minimum Gasteiger partial charge on any atom is -0.378 e. The zero-order chi connectivity index (χ0) is 16.4. The Kier molecular flexibility index (Phi) is 4.06. The number of hydrogen-bond donors (Lipinski definition) is 0. The normalized spacial score (nSPS) is 18.0. The Morgan fingerprint density at radius 3 is 2.62 bits per heavy atom. The van der Waals surface area contributed by atoms with E-state index in [9.17, 15) is 5.26 Å². The van der Waals surface area contributed by atoms with Gasteiger partial charge in [0.05, 0.1) is 19.3 Å². The minimum atomic E-state index is 0.800. The highest BCUT2D eigenvalue weighted by Gasteiger charge is 2.13. The molecule has 1 saturated heterocycles. The molecular weight excluding hydrogens is 296 g/mol. The second kappa shape index (κ2) is 6.51. The highest BCUT2D eigenvalue weighted by atomic mass is 16.5. The van der Waals surface area contributed by atoms with Crippen molar-refractivity contribution in [2.24, 2.45) is 0 Å². The summed E-state index contributed by atoms with van der Waals surface area (Å²) in [6.45, 7) is 3.50. The van der Waals surface area contributed by atoms with Crippen LogP contribution in [0.2, 0.25) is 0 Å². The van der Waals surface area contributed by atoms with Crippen LogP contribution in [-0.2, 0) is 4.74 Å². The number of nitrogens with zero attached hydrogens (tertiary/aromatic N) is 2. The lowest BCUT2D eigenvalue weighted by Gasteiger charge is -2.29. The van der Waals surface area contributed by atoms with Gasteiger partial charge in [-0.3, -0.25) is 0 Å². The van der Waals surface area contributed by atoms with Crippen molar-refractivity contribution in [3.05, 3.63) is 59.7 Å². The van der Waals surface area contributed by atoms with Crippen LogP contribution in [0.4, 0.5) is 5.69 Å². The summed E-state index contributed by atoms with van der Waals surface area (Å²) in [6, 6.07) is 15.5. The number of rotatable bonds is 2. The van der Waals surface area contributed by atoms with Crippen molar-refractivity contribution in [2.75, 3.05) is 31.2 Å². The standard InChI is InChI=1S/C21H20N2O/c22-15-19-3-1-2-4-21(19)18-6-5-17-14-20(8-7-16(17)13-18)23-9-11-24-12-10-23/h2,4-8,13-14H,1,3,9-12H2. The minimum absolute atomic E-state index is 0.800. The number of fused-ring (bicyclic) bond motifs is 1. The van der Waals surface area contributed by atoms with Crippen LogP contribution in [0.5, 0.6) is 0 Å². The molecule has 3 heteroatoms. The molecule has 4 rings (SSSR count). The maximum absolute atomic E-state index is 9.36. The van der Waals surface area contributed by atoms with Crippen molar-refractivity contribution < 1.29 is 4.74 Å². The second-order valence-electron chi connectivity index (χ2n) is 6.29. The van der Waals surface area contributed by atoms with Gasteiger partial charge in [0.2, 0.25) is 0 Å². The number of morpholine rings is 1. The summed E-state index contributed by atoms with van der Waals surface area (Å²) < 4.78 is 5.43. The van der Waals surface area contributed by atoms with Crippen molar-refractivity contribution in [1.29, 1.82) is 5.26 Å². The van der Waals surface area contributed by atoms with Gasteiger partial charge in [0, 0.05) is 24.4 Å². The lowest BCUT2D eigenvalue weighted by atomic mass is 9.92. The van der Waals surface area contributed by atoms with E-state index in [1.54, 1.807) is 0 Å². The third-order valence-corrected chi connectivity index (χ3v) is 4.82. The summed E-state index contributed by atoms with van der Waals surface area (Å²) in [5.74, 6) is 0. The summed E-state index contributed by atoms with van der Waals surface area (Å²) in [5, 5.41) is 11.8. The number of benzene rings is 2. The molecule has 0 aromatic heterocycles. The molecule has 0 N–H and O–H groups in total. The Bertz CT molecular complexity index is 867. The van der Waals surface area contributed by atoms with Crippen LogP contribution >= 0.6 is 0 Å². The predicted molar refractivity (Wildman–Crippen MR) is 97.9 cm³/mol. The fourth-order valence-corrected chi connectivity index (χ4v) is 3.47. The molecule has 120 valence electrons. The van der Waals surface area contributed by atoms with E-state index in [1.807, 2.05) is 0 Å². The number of ether oxygens (including phenoxy) is 1. The molecule has 0 saturated carbocycles. The Hall–Kier alpha value is -2.57. The van der Waals surface area contributed by atoms with Gasteiger partial charge >= 0.3 is 0 Å². The summed E-state index contributed by atoms with van der Waals surface area (Å²) in [7, 11) is 0. The molecule has 0 radical (unpaired) electrons. The summed E-state index contributed by atoms with van der Waals surface area (Å²) >= 11 is 0. The van der Waals surface area contributed by atoms with Gasteiger partial charge < -0.3 is 9.64 Å². The van der Waals surface area contributed by atoms with Crippen LogP contribution in [-0.4, -0.2) is 26.3 Å². The first-order chi connectivity index (χ1) is 11.8. The monoisotopic (exact) mass is 316 g/mol. The van der Waals surface area contributed by atoms with E-state index < -0.39 is 0 Å². The molecule has 0 bridgehead atoms. The van der Waals surface area contributed by atoms with Gasteiger partial charge in [-0.1, -0.05) is 30.4 Å². The van der Waals surface area contributed by atoms with E-state index in [1.165, 1.54) is 16.5 Å². The molecule has 2 aliphatic rings. The van der Waals surface area contributed by atoms with E-state index in [0.29, 0.717) is 0 Å². The molecule has 3 nitrogen and oxygen atoms in total. The van der Waals surface area contributed by atoms with Crippen molar-refractivity contribution in [3.63, 3.8) is 0 Å². The molecule has 0 atom stereocenters. The van der Waals surface area contributed by atoms with E-state index in [0.717, 1.165) is 55.9 Å². The molecule has 2 aromatic carbocycles. The van der Waals surface area contributed by atoms with Gasteiger partial charge in [0.25, 0.3) is 0 Å². The number of nitriles is 1. The number of allylic oxidation sites excluding steroid dienone is 4.